The zero-order chi connectivity index (χ0) is 14.9. The molecule has 4 nitrogen and oxygen atoms in total. The van der Waals surface area contributed by atoms with Crippen LogP contribution in [0.25, 0.3) is 0 Å². The molecular weight excluding hydrogens is 248 g/mol. The van der Waals surface area contributed by atoms with Crippen molar-refractivity contribution in [2.45, 2.75) is 52.9 Å². The molecule has 1 fully saturated rings. The third-order valence-corrected chi connectivity index (χ3v) is 3.98. The van der Waals surface area contributed by atoms with Crippen LogP contribution in [0, 0.1) is 12.8 Å². The highest BCUT2D eigenvalue weighted by Crippen LogP contribution is 2.30. The van der Waals surface area contributed by atoms with Gasteiger partial charge in [0.1, 0.15) is 17.5 Å². The molecule has 0 aromatic carbocycles. The van der Waals surface area contributed by atoms with Crippen molar-refractivity contribution >= 4 is 11.6 Å². The molecule has 0 radical (unpaired) electrons. The molecule has 1 N–H and O–H groups in total. The van der Waals surface area contributed by atoms with Crippen LogP contribution in [0.1, 0.15) is 51.9 Å². The van der Waals surface area contributed by atoms with E-state index in [1.807, 2.05) is 7.05 Å². The Labute approximate surface area is 123 Å². The molecule has 1 aliphatic heterocycles. The lowest BCUT2D eigenvalue weighted by molar-refractivity contribution is 0.442. The van der Waals surface area contributed by atoms with Crippen LogP contribution >= 0.6 is 0 Å². The molecule has 2 heterocycles. The minimum atomic E-state index is -0.0323. The molecule has 4 heteroatoms. The summed E-state index contributed by atoms with van der Waals surface area (Å²) in [5.41, 5.74) is 1.13. The second-order valence-corrected chi connectivity index (χ2v) is 7.04. The van der Waals surface area contributed by atoms with E-state index in [4.69, 9.17) is 4.98 Å². The van der Waals surface area contributed by atoms with Gasteiger partial charge in [-0.15, -0.1) is 0 Å². The van der Waals surface area contributed by atoms with Gasteiger partial charge in [0.2, 0.25) is 0 Å². The highest BCUT2D eigenvalue weighted by molar-refractivity contribution is 5.59. The molecule has 0 amide bonds. The maximum absolute atomic E-state index is 4.89. The van der Waals surface area contributed by atoms with Crippen molar-refractivity contribution in [2.24, 2.45) is 5.92 Å². The van der Waals surface area contributed by atoms with E-state index in [2.05, 4.69) is 49.8 Å². The molecule has 1 saturated heterocycles. The molecule has 112 valence electrons. The van der Waals surface area contributed by atoms with Gasteiger partial charge in [0.15, 0.2) is 0 Å². The normalized spacial score (nSPS) is 20.1. The van der Waals surface area contributed by atoms with Crippen LogP contribution in [0.5, 0.6) is 0 Å². The lowest BCUT2D eigenvalue weighted by Crippen LogP contribution is -2.36. The molecule has 0 aliphatic carbocycles. The van der Waals surface area contributed by atoms with Gasteiger partial charge in [-0.1, -0.05) is 27.7 Å². The molecular formula is C16H28N4. The quantitative estimate of drug-likeness (QED) is 0.899. The van der Waals surface area contributed by atoms with Gasteiger partial charge in [-0.05, 0) is 25.7 Å². The Morgan fingerprint density at radius 1 is 1.25 bits per heavy atom. The Balaban J connectivity index is 2.45. The molecule has 1 aromatic heterocycles. The number of hydrogen-bond acceptors (Lipinski definition) is 4. The fourth-order valence-corrected chi connectivity index (χ4v) is 2.77. The topological polar surface area (TPSA) is 41.1 Å². The van der Waals surface area contributed by atoms with Gasteiger partial charge in [-0.25, -0.2) is 9.97 Å². The molecule has 2 rings (SSSR count). The van der Waals surface area contributed by atoms with Gasteiger partial charge in [0.25, 0.3) is 0 Å². The standard InChI is InChI=1S/C16H28N4/c1-11-8-7-9-20(10-11)14-12(2)13(17-6)18-15(19-14)16(3,4)5/h11H,7-10H2,1-6H3,(H,17,18,19). The van der Waals surface area contributed by atoms with E-state index in [1.165, 1.54) is 12.8 Å². The number of piperidine rings is 1. The fourth-order valence-electron chi connectivity index (χ4n) is 2.77. The van der Waals surface area contributed by atoms with Crippen LogP contribution < -0.4 is 10.2 Å². The Hall–Kier alpha value is -1.32. The van der Waals surface area contributed by atoms with Crippen molar-refractivity contribution in [3.05, 3.63) is 11.4 Å². The molecule has 0 bridgehead atoms. The average molecular weight is 276 g/mol. The Morgan fingerprint density at radius 3 is 2.50 bits per heavy atom. The molecule has 1 aliphatic rings. The van der Waals surface area contributed by atoms with E-state index in [1.54, 1.807) is 0 Å². The van der Waals surface area contributed by atoms with Gasteiger partial charge >= 0.3 is 0 Å². The first-order valence-corrected chi connectivity index (χ1v) is 7.64. The highest BCUT2D eigenvalue weighted by atomic mass is 15.2. The highest BCUT2D eigenvalue weighted by Gasteiger charge is 2.25. The predicted molar refractivity (Wildman–Crippen MR) is 85.6 cm³/mol. The number of aromatic nitrogens is 2. The molecule has 1 atom stereocenters. The second kappa shape index (κ2) is 5.58. The molecule has 1 aromatic rings. The summed E-state index contributed by atoms with van der Waals surface area (Å²) in [6.45, 7) is 13.2. The zero-order valence-corrected chi connectivity index (χ0v) is 13.7. The molecule has 0 spiro atoms. The van der Waals surface area contributed by atoms with Crippen molar-refractivity contribution in [2.75, 3.05) is 30.4 Å². The first kappa shape index (κ1) is 15.1. The summed E-state index contributed by atoms with van der Waals surface area (Å²) in [5.74, 6) is 3.73. The van der Waals surface area contributed by atoms with E-state index in [9.17, 15) is 0 Å². The second-order valence-electron chi connectivity index (χ2n) is 7.04. The van der Waals surface area contributed by atoms with Gasteiger partial charge in [-0.3, -0.25) is 0 Å². The largest absolute Gasteiger partial charge is 0.373 e. The number of nitrogens with zero attached hydrogens (tertiary/aromatic N) is 3. The van der Waals surface area contributed by atoms with Crippen LogP contribution in [0.2, 0.25) is 0 Å². The van der Waals surface area contributed by atoms with Crippen LogP contribution in [0.4, 0.5) is 11.6 Å². The Morgan fingerprint density at radius 2 is 1.95 bits per heavy atom. The maximum Gasteiger partial charge on any atom is 0.138 e. The summed E-state index contributed by atoms with van der Waals surface area (Å²) in [7, 11) is 1.93. The Kier molecular flexibility index (Phi) is 4.21. The molecule has 20 heavy (non-hydrogen) atoms. The van der Waals surface area contributed by atoms with Crippen molar-refractivity contribution in [3.8, 4) is 0 Å². The summed E-state index contributed by atoms with van der Waals surface area (Å²) < 4.78 is 0. The van der Waals surface area contributed by atoms with Crippen LogP contribution in [0.3, 0.4) is 0 Å². The summed E-state index contributed by atoms with van der Waals surface area (Å²) in [6, 6.07) is 0. The van der Waals surface area contributed by atoms with Crippen molar-refractivity contribution in [1.82, 2.24) is 9.97 Å². The van der Waals surface area contributed by atoms with Gasteiger partial charge in [-0.2, -0.15) is 0 Å². The van der Waals surface area contributed by atoms with Crippen LogP contribution in [-0.4, -0.2) is 30.1 Å². The monoisotopic (exact) mass is 276 g/mol. The minimum Gasteiger partial charge on any atom is -0.373 e. The van der Waals surface area contributed by atoms with Crippen LogP contribution in [-0.2, 0) is 5.41 Å². The predicted octanol–water partition coefficient (Wildman–Crippen LogP) is 3.36. The molecule has 0 saturated carbocycles. The number of hydrogen-bond donors (Lipinski definition) is 1. The summed E-state index contributed by atoms with van der Waals surface area (Å²) in [4.78, 5) is 12.0. The zero-order valence-electron chi connectivity index (χ0n) is 13.7. The third-order valence-electron chi connectivity index (χ3n) is 3.98. The van der Waals surface area contributed by atoms with Gasteiger partial charge in [0.05, 0.1) is 0 Å². The third kappa shape index (κ3) is 3.05. The smallest absolute Gasteiger partial charge is 0.138 e. The first-order chi connectivity index (χ1) is 9.32. The van der Waals surface area contributed by atoms with E-state index in [0.29, 0.717) is 0 Å². The van der Waals surface area contributed by atoms with Crippen molar-refractivity contribution < 1.29 is 0 Å². The Bertz CT molecular complexity index is 476. The van der Waals surface area contributed by atoms with Gasteiger partial charge < -0.3 is 10.2 Å². The number of anilines is 2. The fraction of sp³-hybridized carbons (Fsp3) is 0.750. The van der Waals surface area contributed by atoms with E-state index < -0.39 is 0 Å². The minimum absolute atomic E-state index is 0.0323. The SMILES string of the molecule is CNc1nc(C(C)(C)C)nc(N2CCCC(C)C2)c1C. The summed E-state index contributed by atoms with van der Waals surface area (Å²) in [6.07, 6.45) is 2.58. The van der Waals surface area contributed by atoms with E-state index in [0.717, 1.165) is 42.0 Å². The first-order valence-electron chi connectivity index (χ1n) is 7.64. The lowest BCUT2D eigenvalue weighted by Gasteiger charge is -2.34. The van der Waals surface area contributed by atoms with Crippen LogP contribution in [0.15, 0.2) is 0 Å². The molecule has 1 unspecified atom stereocenters. The average Bonchev–Trinajstić information content (AvgIpc) is 2.37. The lowest BCUT2D eigenvalue weighted by atomic mass is 9.95. The number of nitrogens with one attached hydrogen (secondary N) is 1. The summed E-state index contributed by atoms with van der Waals surface area (Å²) in [5, 5.41) is 3.22. The van der Waals surface area contributed by atoms with Gasteiger partial charge in [0, 0.05) is 31.1 Å². The maximum atomic E-state index is 4.89. The van der Waals surface area contributed by atoms with Crippen molar-refractivity contribution in [1.29, 1.82) is 0 Å². The van der Waals surface area contributed by atoms with E-state index in [-0.39, 0.29) is 5.41 Å². The summed E-state index contributed by atoms with van der Waals surface area (Å²) >= 11 is 0. The van der Waals surface area contributed by atoms with E-state index >= 15 is 0 Å². The number of rotatable bonds is 2. The van der Waals surface area contributed by atoms with Crippen molar-refractivity contribution in [3.63, 3.8) is 0 Å².